The summed E-state index contributed by atoms with van der Waals surface area (Å²) in [6.45, 7) is 12.2. The largest absolute Gasteiger partial charge is 0.392 e. The molecular weight excluding hydrogens is 208 g/mol. The van der Waals surface area contributed by atoms with Gasteiger partial charge < -0.3 is 10.2 Å². The fourth-order valence-corrected chi connectivity index (χ4v) is 2.37. The minimum atomic E-state index is -0.310. The Kier molecular flexibility index (Phi) is 5.65. The number of thioether (sulfide) groups is 1. The van der Waals surface area contributed by atoms with Gasteiger partial charge in [0.1, 0.15) is 0 Å². The Hall–Kier alpha value is 0.270. The molecular formula is C12H26O2S. The van der Waals surface area contributed by atoms with E-state index >= 15 is 0 Å². The van der Waals surface area contributed by atoms with Crippen molar-refractivity contribution < 1.29 is 10.2 Å². The van der Waals surface area contributed by atoms with Gasteiger partial charge in [0.25, 0.3) is 0 Å². The molecule has 0 bridgehead atoms. The predicted molar refractivity (Wildman–Crippen MR) is 68.2 cm³/mol. The number of hydrogen-bond acceptors (Lipinski definition) is 3. The first-order chi connectivity index (χ1) is 6.55. The van der Waals surface area contributed by atoms with Crippen LogP contribution in [0.25, 0.3) is 0 Å². The Bertz CT molecular complexity index is 159. The summed E-state index contributed by atoms with van der Waals surface area (Å²) in [5.74, 6) is 1.38. The zero-order valence-corrected chi connectivity index (χ0v) is 11.7. The smallest absolute Gasteiger partial charge is 0.0678 e. The molecule has 0 radical (unpaired) electrons. The van der Waals surface area contributed by atoms with Gasteiger partial charge in [-0.1, -0.05) is 41.5 Å². The lowest BCUT2D eigenvalue weighted by Crippen LogP contribution is -2.31. The summed E-state index contributed by atoms with van der Waals surface area (Å²) >= 11 is 1.62. The van der Waals surface area contributed by atoms with Gasteiger partial charge in [0.2, 0.25) is 0 Å². The van der Waals surface area contributed by atoms with Crippen molar-refractivity contribution in [3.8, 4) is 0 Å². The molecule has 0 heterocycles. The van der Waals surface area contributed by atoms with Crippen molar-refractivity contribution in [1.82, 2.24) is 0 Å². The molecule has 0 aromatic heterocycles. The van der Waals surface area contributed by atoms with Crippen molar-refractivity contribution in [3.05, 3.63) is 0 Å². The normalized spacial score (nSPS) is 17.6. The number of aliphatic hydroxyl groups is 2. The second kappa shape index (κ2) is 5.55. The maximum atomic E-state index is 9.80. The van der Waals surface area contributed by atoms with E-state index in [4.69, 9.17) is 0 Å². The summed E-state index contributed by atoms with van der Waals surface area (Å²) in [6.07, 6.45) is -0.621. The van der Waals surface area contributed by atoms with E-state index in [9.17, 15) is 10.2 Å². The minimum Gasteiger partial charge on any atom is -0.392 e. The summed E-state index contributed by atoms with van der Waals surface area (Å²) in [4.78, 5) is 0. The summed E-state index contributed by atoms with van der Waals surface area (Å²) < 4.78 is 0. The lowest BCUT2D eigenvalue weighted by molar-refractivity contribution is 0.0795. The Morgan fingerprint density at radius 2 is 1.07 bits per heavy atom. The van der Waals surface area contributed by atoms with E-state index < -0.39 is 0 Å². The molecule has 2 atom stereocenters. The second-order valence-corrected chi connectivity index (χ2v) is 7.38. The maximum Gasteiger partial charge on any atom is 0.0678 e. The van der Waals surface area contributed by atoms with E-state index in [1.165, 1.54) is 0 Å². The first-order valence-corrected chi connectivity index (χ1v) is 6.64. The van der Waals surface area contributed by atoms with Crippen LogP contribution in [0.2, 0.25) is 0 Å². The van der Waals surface area contributed by atoms with Gasteiger partial charge >= 0.3 is 0 Å². The zero-order chi connectivity index (χ0) is 12.3. The molecule has 0 aliphatic rings. The average Bonchev–Trinajstić information content (AvgIpc) is 2.00. The molecule has 15 heavy (non-hydrogen) atoms. The van der Waals surface area contributed by atoms with Gasteiger partial charge in [0.05, 0.1) is 12.2 Å². The zero-order valence-electron chi connectivity index (χ0n) is 10.9. The Balaban J connectivity index is 3.81. The fourth-order valence-electron chi connectivity index (χ4n) is 0.791. The topological polar surface area (TPSA) is 40.5 Å². The van der Waals surface area contributed by atoms with Crippen molar-refractivity contribution in [2.24, 2.45) is 10.8 Å². The lowest BCUT2D eigenvalue weighted by atomic mass is 9.90. The Labute approximate surface area is 98.5 Å². The number of hydrogen-bond donors (Lipinski definition) is 2. The van der Waals surface area contributed by atoms with Gasteiger partial charge in [0, 0.05) is 11.5 Å². The molecule has 0 aromatic carbocycles. The van der Waals surface area contributed by atoms with Crippen molar-refractivity contribution in [2.75, 3.05) is 11.5 Å². The van der Waals surface area contributed by atoms with Crippen LogP contribution in [0, 0.1) is 10.8 Å². The van der Waals surface area contributed by atoms with Crippen LogP contribution in [0.5, 0.6) is 0 Å². The third kappa shape index (κ3) is 6.44. The molecule has 0 aliphatic heterocycles. The SMILES string of the molecule is CC(C)(C)C(O)CSCC(O)C(C)(C)C. The monoisotopic (exact) mass is 234 g/mol. The quantitative estimate of drug-likeness (QED) is 0.785. The molecule has 0 amide bonds. The summed E-state index contributed by atoms with van der Waals surface area (Å²) in [5, 5.41) is 19.6. The van der Waals surface area contributed by atoms with E-state index in [1.54, 1.807) is 11.8 Å². The van der Waals surface area contributed by atoms with Gasteiger partial charge in [-0.2, -0.15) is 11.8 Å². The molecule has 3 heteroatoms. The fraction of sp³-hybridized carbons (Fsp3) is 1.00. The van der Waals surface area contributed by atoms with E-state index in [0.29, 0.717) is 11.5 Å². The molecule has 2 unspecified atom stereocenters. The van der Waals surface area contributed by atoms with Crippen LogP contribution in [-0.2, 0) is 0 Å². The van der Waals surface area contributed by atoms with Gasteiger partial charge in [-0.3, -0.25) is 0 Å². The van der Waals surface area contributed by atoms with Crippen molar-refractivity contribution >= 4 is 11.8 Å². The molecule has 2 nitrogen and oxygen atoms in total. The highest BCUT2D eigenvalue weighted by molar-refractivity contribution is 7.99. The molecule has 0 saturated carbocycles. The van der Waals surface area contributed by atoms with Crippen molar-refractivity contribution in [3.63, 3.8) is 0 Å². The van der Waals surface area contributed by atoms with Crippen LogP contribution in [-0.4, -0.2) is 33.9 Å². The highest BCUT2D eigenvalue weighted by Crippen LogP contribution is 2.26. The first kappa shape index (κ1) is 15.3. The Morgan fingerprint density at radius 1 is 0.800 bits per heavy atom. The average molecular weight is 234 g/mol. The molecule has 0 fully saturated rings. The van der Waals surface area contributed by atoms with Gasteiger partial charge in [-0.25, -0.2) is 0 Å². The first-order valence-electron chi connectivity index (χ1n) is 5.49. The third-order valence-corrected chi connectivity index (χ3v) is 3.65. The van der Waals surface area contributed by atoms with Crippen LogP contribution in [0.3, 0.4) is 0 Å². The van der Waals surface area contributed by atoms with Gasteiger partial charge in [-0.05, 0) is 10.8 Å². The van der Waals surface area contributed by atoms with Crippen LogP contribution in [0.1, 0.15) is 41.5 Å². The van der Waals surface area contributed by atoms with Gasteiger partial charge in [0.15, 0.2) is 0 Å². The highest BCUT2D eigenvalue weighted by atomic mass is 32.2. The van der Waals surface area contributed by atoms with E-state index in [1.807, 2.05) is 41.5 Å². The third-order valence-electron chi connectivity index (χ3n) is 2.55. The lowest BCUT2D eigenvalue weighted by Gasteiger charge is -2.28. The minimum absolute atomic E-state index is 0.0698. The van der Waals surface area contributed by atoms with E-state index in [0.717, 1.165) is 0 Å². The van der Waals surface area contributed by atoms with E-state index in [2.05, 4.69) is 0 Å². The van der Waals surface area contributed by atoms with Crippen LogP contribution < -0.4 is 0 Å². The van der Waals surface area contributed by atoms with Gasteiger partial charge in [-0.15, -0.1) is 0 Å². The van der Waals surface area contributed by atoms with Crippen LogP contribution in [0.15, 0.2) is 0 Å². The summed E-state index contributed by atoms with van der Waals surface area (Å²) in [6, 6.07) is 0. The van der Waals surface area contributed by atoms with Crippen LogP contribution >= 0.6 is 11.8 Å². The molecule has 92 valence electrons. The molecule has 0 aromatic rings. The molecule has 0 spiro atoms. The second-order valence-electron chi connectivity index (χ2n) is 6.30. The number of aliphatic hydroxyl groups excluding tert-OH is 2. The summed E-state index contributed by atoms with van der Waals surface area (Å²) in [7, 11) is 0. The predicted octanol–water partition coefficient (Wildman–Crippen LogP) is 2.53. The molecule has 0 rings (SSSR count). The highest BCUT2D eigenvalue weighted by Gasteiger charge is 2.25. The molecule has 2 N–H and O–H groups in total. The summed E-state index contributed by atoms with van der Waals surface area (Å²) in [5.41, 5.74) is -0.140. The standard InChI is InChI=1S/C12H26O2S/c1-11(2,3)9(13)7-15-8-10(14)12(4,5)6/h9-10,13-14H,7-8H2,1-6H3. The van der Waals surface area contributed by atoms with E-state index in [-0.39, 0.29) is 23.0 Å². The number of rotatable bonds is 4. The van der Waals surface area contributed by atoms with Crippen LogP contribution in [0.4, 0.5) is 0 Å². The van der Waals surface area contributed by atoms with Crippen molar-refractivity contribution in [1.29, 1.82) is 0 Å². The molecule has 0 saturated heterocycles. The maximum absolute atomic E-state index is 9.80. The molecule has 0 aliphatic carbocycles. The van der Waals surface area contributed by atoms with Crippen molar-refractivity contribution in [2.45, 2.75) is 53.8 Å². The Morgan fingerprint density at radius 3 is 1.27 bits per heavy atom.